The largest absolute Gasteiger partial charge is 0.483 e. The summed E-state index contributed by atoms with van der Waals surface area (Å²) in [5.74, 6) is 0.321. The smallest absolute Gasteiger partial charge is 0.264 e. The first-order valence-electron chi connectivity index (χ1n) is 7.20. The van der Waals surface area contributed by atoms with Crippen molar-refractivity contribution in [3.8, 4) is 11.2 Å². The molecule has 1 aromatic heterocycles. The van der Waals surface area contributed by atoms with E-state index in [0.717, 1.165) is 32.4 Å². The third-order valence-corrected chi connectivity index (χ3v) is 5.02. The predicted molar refractivity (Wildman–Crippen MR) is 101 cm³/mol. The molecule has 0 saturated heterocycles. The number of ether oxygens (including phenoxy) is 1. The molecule has 126 valence electrons. The quantitative estimate of drug-likeness (QED) is 0.498. The molecule has 0 atom stereocenters. The number of nitrogens with zero attached hydrogens (tertiary/aromatic N) is 2. The van der Waals surface area contributed by atoms with E-state index in [-0.39, 0.29) is 12.5 Å². The average molecular weight is 390 g/mol. The monoisotopic (exact) mass is 389 g/mol. The first-order valence-corrected chi connectivity index (χ1v) is 9.21. The summed E-state index contributed by atoms with van der Waals surface area (Å²) in [6, 6.07) is 10.8. The van der Waals surface area contributed by atoms with Crippen LogP contribution in [0.2, 0.25) is 5.02 Å². The molecule has 0 spiro atoms. The van der Waals surface area contributed by atoms with Crippen LogP contribution in [0, 0.1) is 17.6 Å². The van der Waals surface area contributed by atoms with Crippen molar-refractivity contribution in [3.05, 3.63) is 47.0 Å². The van der Waals surface area contributed by atoms with E-state index in [1.165, 1.54) is 11.3 Å². The molecule has 0 unspecified atom stereocenters. The van der Waals surface area contributed by atoms with Gasteiger partial charge in [-0.3, -0.25) is 10.1 Å². The number of carbonyl (C=O) groups is 1. The van der Waals surface area contributed by atoms with Gasteiger partial charge in [0.2, 0.25) is 0 Å². The van der Waals surface area contributed by atoms with Crippen LogP contribution in [0.1, 0.15) is 5.56 Å². The number of halogens is 1. The van der Waals surface area contributed by atoms with E-state index in [9.17, 15) is 4.79 Å². The number of aryl methyl sites for hydroxylation is 1. The van der Waals surface area contributed by atoms with Gasteiger partial charge in [-0.15, -0.1) is 0 Å². The van der Waals surface area contributed by atoms with Gasteiger partial charge < -0.3 is 4.74 Å². The predicted octanol–water partition coefficient (Wildman–Crippen LogP) is 4.85. The minimum atomic E-state index is -0.292. The van der Waals surface area contributed by atoms with Crippen molar-refractivity contribution in [2.45, 2.75) is 11.8 Å². The number of hydrogen-bond acceptors (Lipinski definition) is 6. The number of carbonyl (C=O) groups excluding carboxylic acids is 1. The Balaban J connectivity index is 1.64. The zero-order valence-electron chi connectivity index (χ0n) is 13.1. The van der Waals surface area contributed by atoms with E-state index >= 15 is 0 Å². The Morgan fingerprint density at radius 1 is 1.40 bits per heavy atom. The molecule has 0 fully saturated rings. The number of thioether (sulfide) groups is 1. The Labute approximate surface area is 157 Å². The van der Waals surface area contributed by atoms with Crippen LogP contribution in [0.3, 0.4) is 0 Å². The van der Waals surface area contributed by atoms with E-state index in [1.54, 1.807) is 18.2 Å². The molecule has 1 heterocycles. The first kappa shape index (κ1) is 17.5. The molecule has 1 N–H and O–H groups in total. The molecule has 0 aliphatic rings. The highest BCUT2D eigenvalue weighted by Crippen LogP contribution is 2.30. The van der Waals surface area contributed by atoms with Crippen LogP contribution in [0.5, 0.6) is 5.75 Å². The summed E-state index contributed by atoms with van der Waals surface area (Å²) in [5.41, 5.74) is 1.64. The number of benzene rings is 2. The number of thiazole rings is 1. The molecule has 25 heavy (non-hydrogen) atoms. The molecule has 0 aliphatic carbocycles. The molecule has 0 radical (unpaired) electrons. The van der Waals surface area contributed by atoms with Crippen LogP contribution in [0.4, 0.5) is 5.13 Å². The number of rotatable bonds is 5. The van der Waals surface area contributed by atoms with E-state index < -0.39 is 0 Å². The molecule has 0 aliphatic heterocycles. The highest BCUT2D eigenvalue weighted by molar-refractivity contribution is 8.03. The lowest BCUT2D eigenvalue weighted by Crippen LogP contribution is -2.20. The number of aromatic nitrogens is 1. The van der Waals surface area contributed by atoms with Gasteiger partial charge in [0, 0.05) is 9.92 Å². The Bertz CT molecular complexity index is 982. The van der Waals surface area contributed by atoms with Crippen molar-refractivity contribution in [1.82, 2.24) is 4.98 Å². The molecule has 5 nitrogen and oxygen atoms in total. The fraction of sp³-hybridized carbons (Fsp3) is 0.118. The Morgan fingerprint density at radius 3 is 3.00 bits per heavy atom. The molecule has 3 rings (SSSR count). The van der Waals surface area contributed by atoms with Gasteiger partial charge in [0.15, 0.2) is 11.7 Å². The molecular weight excluding hydrogens is 378 g/mol. The van der Waals surface area contributed by atoms with Gasteiger partial charge in [-0.1, -0.05) is 22.9 Å². The molecule has 8 heteroatoms. The number of nitrogens with one attached hydrogen (secondary N) is 1. The van der Waals surface area contributed by atoms with Gasteiger partial charge in [-0.25, -0.2) is 4.98 Å². The zero-order valence-corrected chi connectivity index (χ0v) is 15.5. The standard InChI is InChI=1S/C17H12ClN3O2S2/c1-10-6-11(18)2-5-14(10)23-8-16(22)21-17-20-13-4-3-12(24-9-19)7-15(13)25-17/h2-7H,8H2,1H3,(H,20,21,22). The van der Waals surface area contributed by atoms with Crippen molar-refractivity contribution in [1.29, 1.82) is 5.26 Å². The summed E-state index contributed by atoms with van der Waals surface area (Å²) in [5, 5.41) is 14.6. The van der Waals surface area contributed by atoms with Gasteiger partial charge in [-0.2, -0.15) is 5.26 Å². The number of amides is 1. The van der Waals surface area contributed by atoms with Crippen LogP contribution in [0.15, 0.2) is 41.3 Å². The van der Waals surface area contributed by atoms with Gasteiger partial charge in [-0.05, 0) is 60.6 Å². The van der Waals surface area contributed by atoms with Crippen molar-refractivity contribution >= 4 is 56.0 Å². The molecule has 0 saturated carbocycles. The Morgan fingerprint density at radius 2 is 2.24 bits per heavy atom. The summed E-state index contributed by atoms with van der Waals surface area (Å²) in [6.07, 6.45) is 0. The number of fused-ring (bicyclic) bond motifs is 1. The summed E-state index contributed by atoms with van der Waals surface area (Å²) in [7, 11) is 0. The minimum absolute atomic E-state index is 0.117. The normalized spacial score (nSPS) is 10.4. The van der Waals surface area contributed by atoms with Crippen LogP contribution >= 0.6 is 34.7 Å². The van der Waals surface area contributed by atoms with E-state index in [4.69, 9.17) is 21.6 Å². The van der Waals surface area contributed by atoms with Crippen LogP contribution in [0.25, 0.3) is 10.2 Å². The van der Waals surface area contributed by atoms with Gasteiger partial charge in [0.25, 0.3) is 5.91 Å². The van der Waals surface area contributed by atoms with E-state index in [2.05, 4.69) is 10.3 Å². The maximum absolute atomic E-state index is 12.1. The maximum Gasteiger partial charge on any atom is 0.264 e. The fourth-order valence-corrected chi connectivity index (χ4v) is 3.79. The van der Waals surface area contributed by atoms with Crippen LogP contribution < -0.4 is 10.1 Å². The van der Waals surface area contributed by atoms with Gasteiger partial charge >= 0.3 is 0 Å². The van der Waals surface area contributed by atoms with Gasteiger partial charge in [0.1, 0.15) is 11.2 Å². The van der Waals surface area contributed by atoms with E-state index in [0.29, 0.717) is 15.9 Å². The van der Waals surface area contributed by atoms with Crippen molar-refractivity contribution < 1.29 is 9.53 Å². The Hall–Kier alpha value is -2.27. The molecule has 1 amide bonds. The number of thiocyanates is 1. The van der Waals surface area contributed by atoms with E-state index in [1.807, 2.05) is 30.5 Å². The van der Waals surface area contributed by atoms with Crippen molar-refractivity contribution in [2.24, 2.45) is 0 Å². The van der Waals surface area contributed by atoms with Crippen molar-refractivity contribution in [3.63, 3.8) is 0 Å². The lowest BCUT2D eigenvalue weighted by atomic mass is 10.2. The molecule has 3 aromatic rings. The molecular formula is C17H12ClN3O2S2. The average Bonchev–Trinajstić information content (AvgIpc) is 2.95. The minimum Gasteiger partial charge on any atom is -0.483 e. The molecule has 0 bridgehead atoms. The highest BCUT2D eigenvalue weighted by atomic mass is 35.5. The number of hydrogen-bond donors (Lipinski definition) is 1. The third kappa shape index (κ3) is 4.42. The zero-order chi connectivity index (χ0) is 17.8. The van der Waals surface area contributed by atoms with Gasteiger partial charge in [0.05, 0.1) is 10.2 Å². The first-order chi connectivity index (χ1) is 12.0. The maximum atomic E-state index is 12.1. The lowest BCUT2D eigenvalue weighted by Gasteiger charge is -2.08. The number of anilines is 1. The van der Waals surface area contributed by atoms with Crippen LogP contribution in [-0.4, -0.2) is 17.5 Å². The summed E-state index contributed by atoms with van der Waals surface area (Å²) in [6.45, 7) is 1.75. The summed E-state index contributed by atoms with van der Waals surface area (Å²) < 4.78 is 6.43. The lowest BCUT2D eigenvalue weighted by molar-refractivity contribution is -0.118. The second-order valence-corrected chi connectivity index (χ2v) is 7.41. The second-order valence-electron chi connectivity index (χ2n) is 5.09. The summed E-state index contributed by atoms with van der Waals surface area (Å²) >= 11 is 8.34. The topological polar surface area (TPSA) is 75.0 Å². The fourth-order valence-electron chi connectivity index (χ4n) is 2.15. The second kappa shape index (κ2) is 7.74. The number of nitriles is 1. The third-order valence-electron chi connectivity index (χ3n) is 3.27. The van der Waals surface area contributed by atoms with Crippen LogP contribution in [-0.2, 0) is 4.79 Å². The Kier molecular flexibility index (Phi) is 5.43. The SMILES string of the molecule is Cc1cc(Cl)ccc1OCC(=O)Nc1nc2ccc(SC#N)cc2s1. The highest BCUT2D eigenvalue weighted by Gasteiger charge is 2.10. The van der Waals surface area contributed by atoms with Crippen molar-refractivity contribution in [2.75, 3.05) is 11.9 Å². The summed E-state index contributed by atoms with van der Waals surface area (Å²) in [4.78, 5) is 17.3. The molecule has 2 aromatic carbocycles.